The molecule has 1 aliphatic heterocycles. The molecule has 0 aliphatic carbocycles. The van der Waals surface area contributed by atoms with E-state index in [9.17, 15) is 18.0 Å². The maximum Gasteiger partial charge on any atom is 0.347 e. The van der Waals surface area contributed by atoms with Crippen molar-refractivity contribution in [3.8, 4) is 0 Å². The van der Waals surface area contributed by atoms with Gasteiger partial charge in [0.25, 0.3) is 10.0 Å². The van der Waals surface area contributed by atoms with Gasteiger partial charge in [0.2, 0.25) is 6.10 Å². The van der Waals surface area contributed by atoms with Gasteiger partial charge in [0, 0.05) is 6.42 Å². The van der Waals surface area contributed by atoms with Crippen LogP contribution < -0.4 is 4.31 Å². The van der Waals surface area contributed by atoms with E-state index in [0.29, 0.717) is 0 Å². The van der Waals surface area contributed by atoms with E-state index in [1.165, 1.54) is 30.3 Å². The third-order valence-corrected chi connectivity index (χ3v) is 6.54. The van der Waals surface area contributed by atoms with Crippen LogP contribution in [-0.4, -0.2) is 39.1 Å². The number of sulfonamides is 1. The molecule has 0 spiro atoms. The lowest BCUT2D eigenvalue weighted by molar-refractivity contribution is -0.147. The summed E-state index contributed by atoms with van der Waals surface area (Å²) in [5, 5.41) is 0.257. The molecule has 1 saturated heterocycles. The summed E-state index contributed by atoms with van der Waals surface area (Å²) in [7, 11) is -4.06. The largest absolute Gasteiger partial charge is 0.460 e. The summed E-state index contributed by atoms with van der Waals surface area (Å²) in [6.45, 7) is 5.29. The lowest BCUT2D eigenvalue weighted by atomic mass is 10.2. The highest BCUT2D eigenvalue weighted by Crippen LogP contribution is 2.30. The van der Waals surface area contributed by atoms with Crippen LogP contribution in [0.5, 0.6) is 0 Å². The number of benzene rings is 2. The highest BCUT2D eigenvalue weighted by molar-refractivity contribution is 7.92. The number of hydrogen-bond acceptors (Lipinski definition) is 6. The maximum atomic E-state index is 13.3. The second-order valence-corrected chi connectivity index (χ2v) is 8.95. The van der Waals surface area contributed by atoms with Crippen molar-refractivity contribution < 1.29 is 27.5 Å². The molecule has 0 amide bonds. The van der Waals surface area contributed by atoms with Crippen molar-refractivity contribution in [2.75, 3.05) is 10.8 Å². The van der Waals surface area contributed by atoms with Crippen LogP contribution in [0.3, 0.4) is 0 Å². The molecule has 0 N–H and O–H groups in total. The number of cyclic esters (lactones) is 1. The number of nitrogens with zero attached hydrogens (tertiary/aromatic N) is 1. The van der Waals surface area contributed by atoms with E-state index in [2.05, 4.69) is 6.58 Å². The molecule has 0 saturated carbocycles. The number of carbonyl (C=O) groups is 2. The average molecular weight is 450 g/mol. The zero-order valence-corrected chi connectivity index (χ0v) is 17.7. The highest BCUT2D eigenvalue weighted by Gasteiger charge is 2.35. The van der Waals surface area contributed by atoms with Gasteiger partial charge in [0.05, 0.1) is 27.7 Å². The molecule has 3 rings (SSSR count). The summed E-state index contributed by atoms with van der Waals surface area (Å²) in [5.74, 6) is -1.42. The van der Waals surface area contributed by atoms with Crippen LogP contribution in [-0.2, 0) is 24.3 Å². The summed E-state index contributed by atoms with van der Waals surface area (Å²) in [4.78, 5) is 24.1. The molecular weight excluding hydrogens is 430 g/mol. The van der Waals surface area contributed by atoms with Gasteiger partial charge in [-0.05, 0) is 37.3 Å². The van der Waals surface area contributed by atoms with Crippen LogP contribution in [0.15, 0.2) is 66.1 Å². The molecule has 0 bridgehead atoms. The predicted molar refractivity (Wildman–Crippen MR) is 112 cm³/mol. The van der Waals surface area contributed by atoms with E-state index in [1.807, 2.05) is 0 Å². The van der Waals surface area contributed by atoms with Crippen LogP contribution in [0.4, 0.5) is 5.69 Å². The van der Waals surface area contributed by atoms with Crippen molar-refractivity contribution in [2.45, 2.75) is 30.4 Å². The molecule has 2 atom stereocenters. The first kappa shape index (κ1) is 21.9. The zero-order chi connectivity index (χ0) is 21.9. The normalized spacial score (nSPS) is 18.5. The molecule has 2 unspecified atom stereocenters. The van der Waals surface area contributed by atoms with Crippen molar-refractivity contribution in [1.29, 1.82) is 0 Å². The zero-order valence-electron chi connectivity index (χ0n) is 16.2. The van der Waals surface area contributed by atoms with Crippen molar-refractivity contribution >= 4 is 39.3 Å². The van der Waals surface area contributed by atoms with Gasteiger partial charge in [-0.3, -0.25) is 4.31 Å². The summed E-state index contributed by atoms with van der Waals surface area (Å²) in [5.41, 5.74) is 0.288. The summed E-state index contributed by atoms with van der Waals surface area (Å²) in [6.07, 6.45) is 0.340. The highest BCUT2D eigenvalue weighted by atomic mass is 35.5. The lowest BCUT2D eigenvalue weighted by Gasteiger charge is -2.24. The van der Waals surface area contributed by atoms with Gasteiger partial charge in [-0.25, -0.2) is 18.0 Å². The Morgan fingerprint density at radius 2 is 2.03 bits per heavy atom. The van der Waals surface area contributed by atoms with Crippen LogP contribution in [0.2, 0.25) is 5.02 Å². The van der Waals surface area contributed by atoms with Crippen LogP contribution >= 0.6 is 11.6 Å². The first-order valence-corrected chi connectivity index (χ1v) is 11.0. The minimum atomic E-state index is -4.06. The molecule has 9 heteroatoms. The number of rotatable bonds is 7. The molecule has 158 valence electrons. The number of hydrogen-bond donors (Lipinski definition) is 0. The van der Waals surface area contributed by atoms with E-state index in [1.54, 1.807) is 31.2 Å². The van der Waals surface area contributed by atoms with Gasteiger partial charge in [0.15, 0.2) is 0 Å². The Bertz CT molecular complexity index is 1080. The fourth-order valence-electron chi connectivity index (χ4n) is 3.02. The number of ether oxygens (including phenoxy) is 2. The van der Waals surface area contributed by atoms with E-state index in [-0.39, 0.29) is 40.2 Å². The third kappa shape index (κ3) is 4.49. The van der Waals surface area contributed by atoms with E-state index >= 15 is 0 Å². The molecule has 0 aromatic heterocycles. The second-order valence-electron chi connectivity index (χ2n) is 6.68. The minimum absolute atomic E-state index is 0.00106. The monoisotopic (exact) mass is 449 g/mol. The fraction of sp³-hybridized carbons (Fsp3) is 0.238. The lowest BCUT2D eigenvalue weighted by Crippen LogP contribution is -2.31. The van der Waals surface area contributed by atoms with Crippen LogP contribution in [0.1, 0.15) is 23.7 Å². The Labute approximate surface area is 179 Å². The van der Waals surface area contributed by atoms with Crippen LogP contribution in [0.25, 0.3) is 0 Å². The molecule has 1 aliphatic rings. The Balaban J connectivity index is 1.91. The summed E-state index contributed by atoms with van der Waals surface area (Å²) >= 11 is 6.19. The first-order valence-electron chi connectivity index (χ1n) is 9.13. The Kier molecular flexibility index (Phi) is 6.48. The summed E-state index contributed by atoms with van der Waals surface area (Å²) < 4.78 is 37.8. The Morgan fingerprint density at radius 1 is 1.30 bits per heavy atom. The van der Waals surface area contributed by atoms with Gasteiger partial charge in [-0.2, -0.15) is 0 Å². The molecule has 0 radical (unpaired) electrons. The van der Waals surface area contributed by atoms with Crippen molar-refractivity contribution in [2.24, 2.45) is 0 Å². The van der Waals surface area contributed by atoms with Gasteiger partial charge in [0.1, 0.15) is 6.10 Å². The molecule has 1 heterocycles. The first-order chi connectivity index (χ1) is 14.2. The number of anilines is 1. The van der Waals surface area contributed by atoms with Gasteiger partial charge in [-0.1, -0.05) is 35.9 Å². The minimum Gasteiger partial charge on any atom is -0.460 e. The maximum absolute atomic E-state index is 13.3. The van der Waals surface area contributed by atoms with E-state index in [4.69, 9.17) is 21.1 Å². The summed E-state index contributed by atoms with van der Waals surface area (Å²) in [6, 6.07) is 11.9. The van der Waals surface area contributed by atoms with Gasteiger partial charge < -0.3 is 9.47 Å². The number of halogens is 1. The molecular formula is C21H20ClNO6S. The van der Waals surface area contributed by atoms with Gasteiger partial charge in [-0.15, -0.1) is 6.58 Å². The number of esters is 2. The van der Waals surface area contributed by atoms with E-state index in [0.717, 1.165) is 4.31 Å². The van der Waals surface area contributed by atoms with Crippen molar-refractivity contribution in [3.05, 3.63) is 71.8 Å². The molecule has 1 fully saturated rings. The Morgan fingerprint density at radius 3 is 2.67 bits per heavy atom. The molecule has 7 nitrogen and oxygen atoms in total. The fourth-order valence-corrected chi connectivity index (χ4v) is 4.81. The SMILES string of the molecule is C=CCN(c1ccccc1Cl)S(=O)(=O)c1cccc(C(=O)OC2CC(C)OC2=O)c1. The number of carbonyl (C=O) groups excluding carboxylic acids is 2. The van der Waals surface area contributed by atoms with Gasteiger partial charge >= 0.3 is 11.9 Å². The standard InChI is InChI=1S/C21H20ClNO6S/c1-3-11-23(18-10-5-4-9-17(18)22)30(26,27)16-8-6-7-15(13-16)20(24)29-19-12-14(2)28-21(19)25/h3-10,13-14,19H,1,11-12H2,2H3. The molecule has 2 aromatic carbocycles. The van der Waals surface area contributed by atoms with Crippen LogP contribution in [0, 0.1) is 0 Å². The van der Waals surface area contributed by atoms with E-state index < -0.39 is 28.1 Å². The topological polar surface area (TPSA) is 90.0 Å². The quantitative estimate of drug-likeness (QED) is 0.474. The van der Waals surface area contributed by atoms with Crippen molar-refractivity contribution in [1.82, 2.24) is 0 Å². The van der Waals surface area contributed by atoms with Crippen molar-refractivity contribution in [3.63, 3.8) is 0 Å². The predicted octanol–water partition coefficient (Wildman–Crippen LogP) is 3.58. The molecule has 30 heavy (non-hydrogen) atoms. The smallest absolute Gasteiger partial charge is 0.347 e. The molecule has 2 aromatic rings. The second kappa shape index (κ2) is 8.89. The Hall–Kier alpha value is -2.84. The third-order valence-electron chi connectivity index (χ3n) is 4.45. The average Bonchev–Trinajstić information content (AvgIpc) is 3.03. The number of para-hydroxylation sites is 1.